The van der Waals surface area contributed by atoms with E-state index in [2.05, 4.69) is 39.9 Å². The SMILES string of the molecule is COc1c(C)c2c(c(C(C)(C)C)c1CC(O)C1=CCCC1)C(=O)OC2O[SiH](C)C. The number of cyclic esters (lactones) is 1. The Morgan fingerprint density at radius 3 is 2.55 bits per heavy atom. The smallest absolute Gasteiger partial charge is 0.341 e. The van der Waals surface area contributed by atoms with E-state index in [0.29, 0.717) is 12.0 Å². The second-order valence-corrected chi connectivity index (χ2v) is 11.7. The Hall–Kier alpha value is -1.63. The Morgan fingerprint density at radius 1 is 1.34 bits per heavy atom. The molecule has 2 aliphatic rings. The molecule has 2 unspecified atom stereocenters. The van der Waals surface area contributed by atoms with Gasteiger partial charge in [0, 0.05) is 23.1 Å². The highest BCUT2D eigenvalue weighted by Gasteiger charge is 2.42. The molecule has 0 spiro atoms. The summed E-state index contributed by atoms with van der Waals surface area (Å²) >= 11 is 0. The highest BCUT2D eigenvalue weighted by atomic mass is 28.3. The number of hydrogen-bond acceptors (Lipinski definition) is 5. The number of ether oxygens (including phenoxy) is 2. The van der Waals surface area contributed by atoms with Gasteiger partial charge in [-0.2, -0.15) is 0 Å². The molecule has 1 heterocycles. The molecule has 1 aliphatic heterocycles. The maximum atomic E-state index is 13.0. The van der Waals surface area contributed by atoms with Gasteiger partial charge in [-0.3, -0.25) is 0 Å². The first-order valence-corrected chi connectivity index (χ1v) is 13.3. The van der Waals surface area contributed by atoms with Crippen molar-refractivity contribution in [2.45, 2.75) is 84.3 Å². The molecule has 2 atom stereocenters. The van der Waals surface area contributed by atoms with Gasteiger partial charge < -0.3 is 19.0 Å². The molecule has 0 amide bonds. The zero-order valence-corrected chi connectivity index (χ0v) is 19.9. The first-order valence-electron chi connectivity index (χ1n) is 10.5. The summed E-state index contributed by atoms with van der Waals surface area (Å²) in [6.45, 7) is 12.3. The molecule has 0 saturated carbocycles. The number of methoxy groups -OCH3 is 1. The molecule has 6 heteroatoms. The van der Waals surface area contributed by atoms with Crippen molar-refractivity contribution in [3.63, 3.8) is 0 Å². The highest BCUT2D eigenvalue weighted by Crippen LogP contribution is 2.47. The minimum absolute atomic E-state index is 0.326. The van der Waals surface area contributed by atoms with Crippen LogP contribution in [0.5, 0.6) is 5.75 Å². The van der Waals surface area contributed by atoms with Crippen molar-refractivity contribution in [1.29, 1.82) is 0 Å². The number of carbonyl (C=O) groups is 1. The normalized spacial score (nSPS) is 20.0. The first-order chi connectivity index (χ1) is 13.6. The van der Waals surface area contributed by atoms with Crippen LogP contribution < -0.4 is 4.74 Å². The number of esters is 1. The van der Waals surface area contributed by atoms with Crippen LogP contribution in [-0.4, -0.2) is 33.3 Å². The molecule has 29 heavy (non-hydrogen) atoms. The van der Waals surface area contributed by atoms with Gasteiger partial charge in [0.25, 0.3) is 0 Å². The molecule has 0 bridgehead atoms. The van der Waals surface area contributed by atoms with E-state index in [9.17, 15) is 9.90 Å². The zero-order valence-electron chi connectivity index (χ0n) is 18.7. The van der Waals surface area contributed by atoms with Gasteiger partial charge in [0.15, 0.2) is 9.04 Å². The Morgan fingerprint density at radius 2 is 2.03 bits per heavy atom. The first kappa shape index (κ1) is 22.1. The maximum absolute atomic E-state index is 13.0. The van der Waals surface area contributed by atoms with Crippen LogP contribution in [0, 0.1) is 6.92 Å². The van der Waals surface area contributed by atoms with Crippen LogP contribution in [0.2, 0.25) is 13.1 Å². The van der Waals surface area contributed by atoms with Crippen molar-refractivity contribution in [3.05, 3.63) is 39.5 Å². The Bertz CT molecular complexity index is 835. The Labute approximate surface area is 175 Å². The molecule has 0 aromatic heterocycles. The van der Waals surface area contributed by atoms with Crippen LogP contribution in [0.4, 0.5) is 0 Å². The lowest BCUT2D eigenvalue weighted by molar-refractivity contribution is -0.0398. The predicted octanol–water partition coefficient (Wildman–Crippen LogP) is 4.48. The topological polar surface area (TPSA) is 65.0 Å². The number of carbonyl (C=O) groups excluding carboxylic acids is 1. The lowest BCUT2D eigenvalue weighted by Crippen LogP contribution is -2.24. The highest BCUT2D eigenvalue weighted by molar-refractivity contribution is 6.48. The van der Waals surface area contributed by atoms with E-state index in [4.69, 9.17) is 13.9 Å². The van der Waals surface area contributed by atoms with E-state index < -0.39 is 21.4 Å². The fourth-order valence-electron chi connectivity index (χ4n) is 4.62. The second kappa shape index (κ2) is 8.24. The van der Waals surface area contributed by atoms with Crippen LogP contribution >= 0.6 is 0 Å². The van der Waals surface area contributed by atoms with Crippen molar-refractivity contribution < 1.29 is 23.8 Å². The van der Waals surface area contributed by atoms with Crippen LogP contribution in [-0.2, 0) is 21.0 Å². The quantitative estimate of drug-likeness (QED) is 0.419. The summed E-state index contributed by atoms with van der Waals surface area (Å²) in [5.41, 5.74) is 4.80. The molecule has 0 fully saturated rings. The molecule has 1 aliphatic carbocycles. The maximum Gasteiger partial charge on any atom is 0.341 e. The summed E-state index contributed by atoms with van der Waals surface area (Å²) in [5, 5.41) is 10.9. The van der Waals surface area contributed by atoms with E-state index in [1.807, 2.05) is 6.92 Å². The summed E-state index contributed by atoms with van der Waals surface area (Å²) in [6, 6.07) is 0. The fourth-order valence-corrected chi connectivity index (χ4v) is 5.31. The van der Waals surface area contributed by atoms with E-state index in [1.165, 1.54) is 0 Å². The van der Waals surface area contributed by atoms with E-state index in [1.54, 1.807) is 7.11 Å². The number of benzene rings is 1. The fraction of sp³-hybridized carbons (Fsp3) is 0.609. The third-order valence-electron chi connectivity index (χ3n) is 5.75. The summed E-state index contributed by atoms with van der Waals surface area (Å²) in [7, 11) is 0.220. The van der Waals surface area contributed by atoms with Gasteiger partial charge in [-0.15, -0.1) is 0 Å². The minimum Gasteiger partial charge on any atom is -0.496 e. The molecule has 3 rings (SSSR count). The molecule has 1 N–H and O–H groups in total. The number of aliphatic hydroxyl groups excluding tert-OH is 1. The van der Waals surface area contributed by atoms with Crippen LogP contribution in [0.3, 0.4) is 0 Å². The van der Waals surface area contributed by atoms with Crippen molar-refractivity contribution in [2.75, 3.05) is 7.11 Å². The van der Waals surface area contributed by atoms with Gasteiger partial charge in [-0.05, 0) is 55.8 Å². The molecule has 1 aromatic carbocycles. The largest absolute Gasteiger partial charge is 0.496 e. The lowest BCUT2D eigenvalue weighted by atomic mass is 9.76. The molecular formula is C23H34O5Si. The third kappa shape index (κ3) is 4.16. The van der Waals surface area contributed by atoms with Crippen molar-refractivity contribution >= 4 is 15.0 Å². The second-order valence-electron chi connectivity index (χ2n) is 9.36. The van der Waals surface area contributed by atoms with E-state index in [-0.39, 0.29) is 11.4 Å². The predicted molar refractivity (Wildman–Crippen MR) is 116 cm³/mol. The summed E-state index contributed by atoms with van der Waals surface area (Å²) < 4.78 is 17.6. The monoisotopic (exact) mass is 418 g/mol. The standard InChI is InChI=1S/C23H34O5Si/c1-13-17-18(21(25)27-22(17)28-29(6)7)19(23(2,3)4)15(20(13)26-5)12-16(24)14-10-8-9-11-14/h10,16,22,24,29H,8-9,11-12H2,1-7H3. The molecule has 0 radical (unpaired) electrons. The van der Waals surface area contributed by atoms with Gasteiger partial charge in [0.2, 0.25) is 6.29 Å². The van der Waals surface area contributed by atoms with E-state index >= 15 is 0 Å². The van der Waals surface area contributed by atoms with Gasteiger partial charge >= 0.3 is 5.97 Å². The zero-order chi connectivity index (χ0) is 21.5. The van der Waals surface area contributed by atoms with Crippen molar-refractivity contribution in [1.82, 2.24) is 0 Å². The number of allylic oxidation sites excluding steroid dienone is 1. The molecule has 1 aromatic rings. The average Bonchev–Trinajstić information content (AvgIpc) is 3.23. The number of aliphatic hydroxyl groups is 1. The molecular weight excluding hydrogens is 384 g/mol. The summed E-state index contributed by atoms with van der Waals surface area (Å²) in [4.78, 5) is 13.0. The Balaban J connectivity index is 2.22. The van der Waals surface area contributed by atoms with Crippen LogP contribution in [0.1, 0.15) is 78.9 Å². The van der Waals surface area contributed by atoms with Crippen molar-refractivity contribution in [3.8, 4) is 5.75 Å². The summed E-state index contributed by atoms with van der Waals surface area (Å²) in [6.07, 6.45) is 4.35. The van der Waals surface area contributed by atoms with Gasteiger partial charge in [0.05, 0.1) is 18.8 Å². The van der Waals surface area contributed by atoms with Gasteiger partial charge in [-0.1, -0.05) is 26.8 Å². The van der Waals surface area contributed by atoms with Crippen LogP contribution in [0.25, 0.3) is 0 Å². The van der Waals surface area contributed by atoms with Gasteiger partial charge in [0.1, 0.15) is 5.75 Å². The molecule has 160 valence electrons. The molecule has 0 saturated heterocycles. The van der Waals surface area contributed by atoms with Crippen LogP contribution in [0.15, 0.2) is 11.6 Å². The third-order valence-corrected chi connectivity index (χ3v) is 6.54. The summed E-state index contributed by atoms with van der Waals surface area (Å²) in [5.74, 6) is 0.384. The van der Waals surface area contributed by atoms with Gasteiger partial charge in [-0.25, -0.2) is 4.79 Å². The average molecular weight is 419 g/mol. The Kier molecular flexibility index (Phi) is 6.27. The van der Waals surface area contributed by atoms with Crippen molar-refractivity contribution in [2.24, 2.45) is 0 Å². The lowest BCUT2D eigenvalue weighted by Gasteiger charge is -2.30. The number of fused-ring (bicyclic) bond motifs is 1. The van der Waals surface area contributed by atoms with E-state index in [0.717, 1.165) is 52.8 Å². The molecule has 5 nitrogen and oxygen atoms in total. The minimum atomic E-state index is -1.43. The number of hydrogen-bond donors (Lipinski definition) is 1. The number of rotatable bonds is 6.